The zero-order valence-corrected chi connectivity index (χ0v) is 10.1. The maximum absolute atomic E-state index is 12.9. The number of carbonyl (C=O) groups is 1. The molecule has 17 heavy (non-hydrogen) atoms. The highest BCUT2D eigenvalue weighted by Crippen LogP contribution is 2.04. The summed E-state index contributed by atoms with van der Waals surface area (Å²) in [5.74, 6) is -0.301. The Kier molecular flexibility index (Phi) is 5.63. The van der Waals surface area contributed by atoms with E-state index in [4.69, 9.17) is 5.73 Å². The van der Waals surface area contributed by atoms with Gasteiger partial charge in [0, 0.05) is 12.5 Å². The van der Waals surface area contributed by atoms with Crippen molar-refractivity contribution in [3.05, 3.63) is 35.6 Å². The lowest BCUT2D eigenvalue weighted by Gasteiger charge is -2.10. The van der Waals surface area contributed by atoms with E-state index in [0.717, 1.165) is 5.56 Å². The van der Waals surface area contributed by atoms with Crippen LogP contribution in [0.1, 0.15) is 18.9 Å². The summed E-state index contributed by atoms with van der Waals surface area (Å²) in [6, 6.07) is 6.41. The summed E-state index contributed by atoms with van der Waals surface area (Å²) in [4.78, 5) is 11.5. The van der Waals surface area contributed by atoms with Gasteiger partial charge in [-0.2, -0.15) is 0 Å². The third-order valence-electron chi connectivity index (χ3n) is 2.65. The average molecular weight is 238 g/mol. The molecule has 1 rings (SSSR count). The molecule has 0 aliphatic rings. The zero-order valence-electron chi connectivity index (χ0n) is 10.1. The largest absolute Gasteiger partial charge is 0.356 e. The minimum atomic E-state index is -0.245. The minimum absolute atomic E-state index is 0.00635. The van der Waals surface area contributed by atoms with E-state index < -0.39 is 0 Å². The summed E-state index contributed by atoms with van der Waals surface area (Å²) < 4.78 is 12.9. The molecule has 0 bridgehead atoms. The van der Waals surface area contributed by atoms with E-state index in [-0.39, 0.29) is 17.6 Å². The van der Waals surface area contributed by atoms with E-state index in [2.05, 4.69) is 5.32 Å². The quantitative estimate of drug-likeness (QED) is 0.788. The predicted octanol–water partition coefficient (Wildman–Crippen LogP) is 1.47. The summed E-state index contributed by atoms with van der Waals surface area (Å²) in [5, 5.41) is 2.82. The highest BCUT2D eigenvalue weighted by molar-refractivity contribution is 5.78. The van der Waals surface area contributed by atoms with Gasteiger partial charge in [-0.3, -0.25) is 4.79 Å². The van der Waals surface area contributed by atoms with Crippen LogP contribution in [0.2, 0.25) is 0 Å². The number of hydrogen-bond donors (Lipinski definition) is 2. The maximum Gasteiger partial charge on any atom is 0.222 e. The molecular formula is C13H19FN2O. The Bertz CT molecular complexity index is 368. The molecule has 3 nitrogen and oxygen atoms in total. The number of rotatable bonds is 6. The van der Waals surface area contributed by atoms with E-state index in [0.29, 0.717) is 25.9 Å². The topological polar surface area (TPSA) is 55.1 Å². The molecule has 0 aromatic heterocycles. The number of carbonyl (C=O) groups excluding carboxylic acids is 1. The van der Waals surface area contributed by atoms with Crippen LogP contribution in [-0.4, -0.2) is 19.0 Å². The van der Waals surface area contributed by atoms with Crippen molar-refractivity contribution in [2.75, 3.05) is 13.1 Å². The smallest absolute Gasteiger partial charge is 0.222 e. The molecule has 0 radical (unpaired) electrons. The van der Waals surface area contributed by atoms with Gasteiger partial charge in [0.15, 0.2) is 0 Å². The molecule has 0 aliphatic heterocycles. The summed E-state index contributed by atoms with van der Waals surface area (Å²) in [6.07, 6.45) is 1.32. The lowest BCUT2D eigenvalue weighted by atomic mass is 10.1. The van der Waals surface area contributed by atoms with Crippen molar-refractivity contribution >= 4 is 5.91 Å². The maximum atomic E-state index is 12.9. The second-order valence-electron chi connectivity index (χ2n) is 4.15. The average Bonchev–Trinajstić information content (AvgIpc) is 2.29. The van der Waals surface area contributed by atoms with Gasteiger partial charge < -0.3 is 11.1 Å². The molecule has 0 heterocycles. The first-order valence-electron chi connectivity index (χ1n) is 5.85. The van der Waals surface area contributed by atoms with Crippen LogP contribution in [0.25, 0.3) is 0 Å². The van der Waals surface area contributed by atoms with Crippen LogP contribution in [0.5, 0.6) is 0 Å². The molecular weight excluding hydrogens is 219 g/mol. The Morgan fingerprint density at radius 2 is 2.29 bits per heavy atom. The lowest BCUT2D eigenvalue weighted by Crippen LogP contribution is -2.31. The molecule has 0 aliphatic carbocycles. The summed E-state index contributed by atoms with van der Waals surface area (Å²) in [5.41, 5.74) is 6.27. The van der Waals surface area contributed by atoms with Crippen LogP contribution < -0.4 is 11.1 Å². The minimum Gasteiger partial charge on any atom is -0.356 e. The molecule has 0 spiro atoms. The monoisotopic (exact) mass is 238 g/mol. The van der Waals surface area contributed by atoms with Gasteiger partial charge in [0.2, 0.25) is 5.91 Å². The van der Waals surface area contributed by atoms with E-state index in [1.165, 1.54) is 12.1 Å². The standard InChI is InChI=1S/C13H19FN2O/c1-10(5-7-15)13(17)16-8-6-11-3-2-4-12(14)9-11/h2-4,9-10H,5-8,15H2,1H3,(H,16,17). The van der Waals surface area contributed by atoms with Crippen LogP contribution in [-0.2, 0) is 11.2 Å². The molecule has 0 saturated heterocycles. The van der Waals surface area contributed by atoms with E-state index in [9.17, 15) is 9.18 Å². The Morgan fingerprint density at radius 1 is 1.53 bits per heavy atom. The number of halogens is 1. The van der Waals surface area contributed by atoms with Crippen molar-refractivity contribution in [3.8, 4) is 0 Å². The number of nitrogens with one attached hydrogen (secondary N) is 1. The van der Waals surface area contributed by atoms with Gasteiger partial charge in [-0.1, -0.05) is 19.1 Å². The molecule has 94 valence electrons. The van der Waals surface area contributed by atoms with E-state index in [1.54, 1.807) is 6.07 Å². The molecule has 4 heteroatoms. The van der Waals surface area contributed by atoms with Crippen LogP contribution in [0.4, 0.5) is 4.39 Å². The second-order valence-corrected chi connectivity index (χ2v) is 4.15. The Balaban J connectivity index is 2.30. The molecule has 1 atom stereocenters. The lowest BCUT2D eigenvalue weighted by molar-refractivity contribution is -0.124. The van der Waals surface area contributed by atoms with Crippen molar-refractivity contribution in [2.45, 2.75) is 19.8 Å². The zero-order chi connectivity index (χ0) is 12.7. The van der Waals surface area contributed by atoms with Crippen LogP contribution in [0, 0.1) is 11.7 Å². The van der Waals surface area contributed by atoms with Gasteiger partial charge in [0.05, 0.1) is 0 Å². The predicted molar refractivity (Wildman–Crippen MR) is 65.9 cm³/mol. The molecule has 3 N–H and O–H groups in total. The van der Waals surface area contributed by atoms with Crippen molar-refractivity contribution in [2.24, 2.45) is 11.7 Å². The third-order valence-corrected chi connectivity index (χ3v) is 2.65. The number of nitrogens with two attached hydrogens (primary N) is 1. The molecule has 1 aromatic rings. The summed E-state index contributed by atoms with van der Waals surface area (Å²) in [7, 11) is 0. The van der Waals surface area contributed by atoms with Crippen molar-refractivity contribution < 1.29 is 9.18 Å². The van der Waals surface area contributed by atoms with Crippen LogP contribution >= 0.6 is 0 Å². The van der Waals surface area contributed by atoms with Gasteiger partial charge in [-0.05, 0) is 37.1 Å². The Labute approximate surface area is 101 Å². The first-order chi connectivity index (χ1) is 8.13. The molecule has 1 unspecified atom stereocenters. The normalized spacial score (nSPS) is 12.2. The van der Waals surface area contributed by atoms with E-state index >= 15 is 0 Å². The molecule has 0 fully saturated rings. The highest BCUT2D eigenvalue weighted by atomic mass is 19.1. The Hall–Kier alpha value is -1.42. The van der Waals surface area contributed by atoms with Gasteiger partial charge in [-0.15, -0.1) is 0 Å². The molecule has 1 aromatic carbocycles. The number of benzene rings is 1. The number of hydrogen-bond acceptors (Lipinski definition) is 2. The molecule has 0 saturated carbocycles. The highest BCUT2D eigenvalue weighted by Gasteiger charge is 2.10. The van der Waals surface area contributed by atoms with Crippen LogP contribution in [0.3, 0.4) is 0 Å². The van der Waals surface area contributed by atoms with Crippen molar-refractivity contribution in [1.82, 2.24) is 5.32 Å². The first kappa shape index (κ1) is 13.6. The van der Waals surface area contributed by atoms with E-state index in [1.807, 2.05) is 13.0 Å². The number of amides is 1. The summed E-state index contributed by atoms with van der Waals surface area (Å²) >= 11 is 0. The van der Waals surface area contributed by atoms with Gasteiger partial charge in [0.1, 0.15) is 5.82 Å². The SMILES string of the molecule is CC(CCN)C(=O)NCCc1cccc(F)c1. The van der Waals surface area contributed by atoms with Crippen molar-refractivity contribution in [3.63, 3.8) is 0 Å². The second kappa shape index (κ2) is 7.01. The van der Waals surface area contributed by atoms with Gasteiger partial charge in [-0.25, -0.2) is 4.39 Å². The fourth-order valence-corrected chi connectivity index (χ4v) is 1.58. The fraction of sp³-hybridized carbons (Fsp3) is 0.462. The fourth-order valence-electron chi connectivity index (χ4n) is 1.58. The molecule has 1 amide bonds. The Morgan fingerprint density at radius 3 is 2.94 bits per heavy atom. The third kappa shape index (κ3) is 4.95. The van der Waals surface area contributed by atoms with Gasteiger partial charge >= 0.3 is 0 Å². The first-order valence-corrected chi connectivity index (χ1v) is 5.85. The van der Waals surface area contributed by atoms with Crippen LogP contribution in [0.15, 0.2) is 24.3 Å². The summed E-state index contributed by atoms with van der Waals surface area (Å²) in [6.45, 7) is 2.89. The van der Waals surface area contributed by atoms with Crippen molar-refractivity contribution in [1.29, 1.82) is 0 Å². The van der Waals surface area contributed by atoms with Gasteiger partial charge in [0.25, 0.3) is 0 Å².